The maximum absolute atomic E-state index is 9.88. The van der Waals surface area contributed by atoms with Gasteiger partial charge in [-0.3, -0.25) is 0 Å². The molecule has 0 saturated heterocycles. The molecule has 0 unspecified atom stereocenters. The van der Waals surface area contributed by atoms with Crippen LogP contribution in [-0.4, -0.2) is 5.11 Å². The van der Waals surface area contributed by atoms with Crippen molar-refractivity contribution in [1.82, 2.24) is 0 Å². The fraction of sp³-hybridized carbons (Fsp3) is 0.538. The summed E-state index contributed by atoms with van der Waals surface area (Å²) in [5, 5.41) is 9.88. The van der Waals surface area contributed by atoms with Gasteiger partial charge in [0.1, 0.15) is 5.75 Å². The molecule has 0 aliphatic carbocycles. The molecule has 1 rings (SSSR count). The van der Waals surface area contributed by atoms with Gasteiger partial charge in [-0.25, -0.2) is 0 Å². The van der Waals surface area contributed by atoms with Crippen LogP contribution in [0.5, 0.6) is 5.75 Å². The van der Waals surface area contributed by atoms with Crippen LogP contribution < -0.4 is 0 Å². The average molecular weight is 192 g/mol. The molecule has 14 heavy (non-hydrogen) atoms. The Labute approximate surface area is 86.8 Å². The third-order valence-corrected chi connectivity index (χ3v) is 2.45. The first-order valence-electron chi connectivity index (χ1n) is 5.16. The van der Waals surface area contributed by atoms with Crippen LogP contribution in [0.1, 0.15) is 51.7 Å². The summed E-state index contributed by atoms with van der Waals surface area (Å²) in [5.74, 6) is 0.875. The zero-order chi connectivity index (χ0) is 10.9. The van der Waals surface area contributed by atoms with Crippen molar-refractivity contribution in [2.45, 2.75) is 46.0 Å². The van der Waals surface area contributed by atoms with Gasteiger partial charge in [-0.2, -0.15) is 0 Å². The summed E-state index contributed by atoms with van der Waals surface area (Å²) in [7, 11) is 0. The fourth-order valence-electron chi connectivity index (χ4n) is 1.86. The standard InChI is InChI=1S/C13H20O/c1-9(2)10-7-6-8-11(14)12(10)13(3,4)5/h6-9,14H,1-5H3. The second-order valence-corrected chi connectivity index (χ2v) is 5.15. The van der Waals surface area contributed by atoms with Crippen molar-refractivity contribution in [3.63, 3.8) is 0 Å². The van der Waals surface area contributed by atoms with E-state index in [1.165, 1.54) is 5.56 Å². The molecular formula is C13H20O. The van der Waals surface area contributed by atoms with Crippen molar-refractivity contribution in [1.29, 1.82) is 0 Å². The maximum atomic E-state index is 9.88. The lowest BCUT2D eigenvalue weighted by atomic mass is 9.80. The van der Waals surface area contributed by atoms with Gasteiger partial charge in [0.05, 0.1) is 0 Å². The summed E-state index contributed by atoms with van der Waals surface area (Å²) in [4.78, 5) is 0. The second-order valence-electron chi connectivity index (χ2n) is 5.15. The molecule has 0 radical (unpaired) electrons. The molecule has 0 heterocycles. The summed E-state index contributed by atoms with van der Waals surface area (Å²) in [5.41, 5.74) is 2.33. The Kier molecular flexibility index (Phi) is 2.89. The van der Waals surface area contributed by atoms with Crippen molar-refractivity contribution in [3.8, 4) is 5.75 Å². The van der Waals surface area contributed by atoms with E-state index < -0.39 is 0 Å². The number of hydrogen-bond acceptors (Lipinski definition) is 1. The normalized spacial score (nSPS) is 12.1. The Hall–Kier alpha value is -0.980. The van der Waals surface area contributed by atoms with Crippen molar-refractivity contribution < 1.29 is 5.11 Å². The molecular weight excluding hydrogens is 172 g/mol. The maximum Gasteiger partial charge on any atom is 0.119 e. The molecule has 0 saturated carbocycles. The van der Waals surface area contributed by atoms with Gasteiger partial charge in [0, 0.05) is 5.56 Å². The zero-order valence-electron chi connectivity index (χ0n) is 9.76. The van der Waals surface area contributed by atoms with Gasteiger partial charge in [0.2, 0.25) is 0 Å². The van der Waals surface area contributed by atoms with Crippen LogP contribution >= 0.6 is 0 Å². The topological polar surface area (TPSA) is 20.2 Å². The lowest BCUT2D eigenvalue weighted by molar-refractivity contribution is 0.443. The minimum Gasteiger partial charge on any atom is -0.508 e. The van der Waals surface area contributed by atoms with Gasteiger partial charge >= 0.3 is 0 Å². The third kappa shape index (κ3) is 2.09. The molecule has 0 aromatic heterocycles. The van der Waals surface area contributed by atoms with Gasteiger partial charge in [-0.15, -0.1) is 0 Å². The molecule has 1 N–H and O–H groups in total. The molecule has 0 spiro atoms. The summed E-state index contributed by atoms with van der Waals surface area (Å²) >= 11 is 0. The highest BCUT2D eigenvalue weighted by molar-refractivity contribution is 5.45. The van der Waals surface area contributed by atoms with E-state index in [4.69, 9.17) is 0 Å². The Morgan fingerprint density at radius 2 is 1.71 bits per heavy atom. The Morgan fingerprint density at radius 1 is 1.14 bits per heavy atom. The Balaban J connectivity index is 3.38. The van der Waals surface area contributed by atoms with Crippen LogP contribution in [-0.2, 0) is 5.41 Å². The van der Waals surface area contributed by atoms with Gasteiger partial charge in [-0.05, 0) is 23.0 Å². The van der Waals surface area contributed by atoms with Crippen molar-refractivity contribution in [2.24, 2.45) is 0 Å². The fourth-order valence-corrected chi connectivity index (χ4v) is 1.86. The molecule has 78 valence electrons. The first kappa shape index (κ1) is 11.1. The number of rotatable bonds is 1. The van der Waals surface area contributed by atoms with E-state index in [0.717, 1.165) is 5.56 Å². The van der Waals surface area contributed by atoms with E-state index in [2.05, 4.69) is 40.7 Å². The highest BCUT2D eigenvalue weighted by Crippen LogP contribution is 2.36. The number of aromatic hydroxyl groups is 1. The smallest absolute Gasteiger partial charge is 0.119 e. The Morgan fingerprint density at radius 3 is 2.07 bits per heavy atom. The van der Waals surface area contributed by atoms with E-state index in [1.54, 1.807) is 6.07 Å². The summed E-state index contributed by atoms with van der Waals surface area (Å²) in [6.45, 7) is 10.7. The number of phenolic OH excluding ortho intramolecular Hbond substituents is 1. The number of benzene rings is 1. The molecule has 0 aliphatic heterocycles. The number of hydrogen-bond donors (Lipinski definition) is 1. The average Bonchev–Trinajstić information content (AvgIpc) is 2.01. The minimum atomic E-state index is 0.00491. The summed E-state index contributed by atoms with van der Waals surface area (Å²) in [6.07, 6.45) is 0. The largest absolute Gasteiger partial charge is 0.508 e. The van der Waals surface area contributed by atoms with Gasteiger partial charge < -0.3 is 5.11 Å². The summed E-state index contributed by atoms with van der Waals surface area (Å²) < 4.78 is 0. The van der Waals surface area contributed by atoms with Crippen molar-refractivity contribution in [2.75, 3.05) is 0 Å². The van der Waals surface area contributed by atoms with Crippen molar-refractivity contribution >= 4 is 0 Å². The van der Waals surface area contributed by atoms with Gasteiger partial charge in [0.25, 0.3) is 0 Å². The minimum absolute atomic E-state index is 0.00491. The quantitative estimate of drug-likeness (QED) is 0.717. The van der Waals surface area contributed by atoms with Crippen LogP contribution in [0, 0.1) is 0 Å². The van der Waals surface area contributed by atoms with Crippen LogP contribution in [0.25, 0.3) is 0 Å². The van der Waals surface area contributed by atoms with E-state index in [0.29, 0.717) is 11.7 Å². The number of phenols is 1. The Bertz CT molecular complexity index is 318. The van der Waals surface area contributed by atoms with E-state index in [1.807, 2.05) is 6.07 Å². The molecule has 0 bridgehead atoms. The third-order valence-electron chi connectivity index (χ3n) is 2.45. The molecule has 0 amide bonds. The van der Waals surface area contributed by atoms with Crippen LogP contribution in [0.4, 0.5) is 0 Å². The zero-order valence-corrected chi connectivity index (χ0v) is 9.76. The van der Waals surface area contributed by atoms with E-state index >= 15 is 0 Å². The molecule has 1 nitrogen and oxygen atoms in total. The van der Waals surface area contributed by atoms with Gasteiger partial charge in [0.15, 0.2) is 0 Å². The van der Waals surface area contributed by atoms with Crippen LogP contribution in [0.2, 0.25) is 0 Å². The lowest BCUT2D eigenvalue weighted by Crippen LogP contribution is -2.15. The second kappa shape index (κ2) is 3.64. The highest BCUT2D eigenvalue weighted by Gasteiger charge is 2.22. The highest BCUT2D eigenvalue weighted by atomic mass is 16.3. The van der Waals surface area contributed by atoms with Crippen molar-refractivity contribution in [3.05, 3.63) is 29.3 Å². The first-order valence-corrected chi connectivity index (χ1v) is 5.16. The monoisotopic (exact) mass is 192 g/mol. The molecule has 1 heteroatoms. The molecule has 1 aromatic carbocycles. The van der Waals surface area contributed by atoms with Crippen LogP contribution in [0.15, 0.2) is 18.2 Å². The predicted octanol–water partition coefficient (Wildman–Crippen LogP) is 3.81. The van der Waals surface area contributed by atoms with Crippen LogP contribution in [0.3, 0.4) is 0 Å². The molecule has 1 aromatic rings. The molecule has 0 atom stereocenters. The molecule has 0 fully saturated rings. The van der Waals surface area contributed by atoms with Gasteiger partial charge in [-0.1, -0.05) is 46.8 Å². The summed E-state index contributed by atoms with van der Waals surface area (Å²) in [6, 6.07) is 5.79. The van der Waals surface area contributed by atoms with E-state index in [-0.39, 0.29) is 5.41 Å². The SMILES string of the molecule is CC(C)c1cccc(O)c1C(C)(C)C. The first-order chi connectivity index (χ1) is 6.34. The lowest BCUT2D eigenvalue weighted by Gasteiger charge is -2.25. The van der Waals surface area contributed by atoms with E-state index in [9.17, 15) is 5.11 Å². The molecule has 0 aliphatic rings. The predicted molar refractivity (Wildman–Crippen MR) is 60.9 cm³/mol.